The standard InChI is InChI=1S/C29H28ClN3O8/c1-33(2)18-9-14(11-32-29(40)41-16-5-3-15(30)4-6-16)24(35)22-17(18)8-12-7-13-10-19(34)23(28(31)39)27(38)21(13)25(36)20(12)26(22)37/h3-6,9,12-13,21,34-36H,7-8,10-11H2,1-2H3,(H2,31,39)(H,32,40). The number of hydrogen-bond donors (Lipinski definition) is 5. The van der Waals surface area contributed by atoms with Crippen molar-refractivity contribution in [2.45, 2.75) is 25.8 Å². The highest BCUT2D eigenvalue weighted by molar-refractivity contribution is 6.30. The molecule has 12 heteroatoms. The number of primary amides is 1. The maximum Gasteiger partial charge on any atom is 0.412 e. The van der Waals surface area contributed by atoms with Crippen LogP contribution in [0.4, 0.5) is 10.5 Å². The van der Waals surface area contributed by atoms with Gasteiger partial charge in [0.05, 0.1) is 11.5 Å². The second kappa shape index (κ2) is 10.5. The van der Waals surface area contributed by atoms with E-state index in [1.54, 1.807) is 37.2 Å². The molecule has 6 N–H and O–H groups in total. The number of ketones is 2. The first kappa shape index (κ1) is 28.0. The van der Waals surface area contributed by atoms with Crippen LogP contribution in [-0.2, 0) is 22.6 Å². The molecular formula is C29H28ClN3O8. The van der Waals surface area contributed by atoms with Crippen molar-refractivity contribution < 1.29 is 39.2 Å². The Hall–Kier alpha value is -4.51. The number of aliphatic hydroxyl groups is 2. The molecule has 2 aromatic carbocycles. The van der Waals surface area contributed by atoms with Crippen molar-refractivity contribution in [1.29, 1.82) is 0 Å². The number of rotatable bonds is 5. The first-order valence-electron chi connectivity index (χ1n) is 12.9. The van der Waals surface area contributed by atoms with Crippen molar-refractivity contribution >= 4 is 40.9 Å². The lowest BCUT2D eigenvalue weighted by Crippen LogP contribution is -2.43. The summed E-state index contributed by atoms with van der Waals surface area (Å²) >= 11 is 5.85. The molecule has 0 saturated carbocycles. The summed E-state index contributed by atoms with van der Waals surface area (Å²) in [5.74, 6) is -5.79. The van der Waals surface area contributed by atoms with Crippen LogP contribution in [-0.4, -0.2) is 53.0 Å². The van der Waals surface area contributed by atoms with E-state index < -0.39 is 58.4 Å². The number of phenols is 1. The van der Waals surface area contributed by atoms with Crippen LogP contribution in [0.25, 0.3) is 0 Å². The van der Waals surface area contributed by atoms with Crippen molar-refractivity contribution in [1.82, 2.24) is 5.32 Å². The maximum absolute atomic E-state index is 13.9. The van der Waals surface area contributed by atoms with Gasteiger partial charge in [-0.3, -0.25) is 14.4 Å². The fourth-order valence-electron chi connectivity index (χ4n) is 6.09. The molecule has 0 bridgehead atoms. The highest BCUT2D eigenvalue weighted by atomic mass is 35.5. The fourth-order valence-corrected chi connectivity index (χ4v) is 6.21. The van der Waals surface area contributed by atoms with Gasteiger partial charge in [-0.05, 0) is 60.6 Å². The predicted octanol–water partition coefficient (Wildman–Crippen LogP) is 3.47. The number of nitrogens with zero attached hydrogens (tertiary/aromatic N) is 1. The number of nitrogens with one attached hydrogen (secondary N) is 1. The molecule has 0 saturated heterocycles. The van der Waals surface area contributed by atoms with Crippen molar-refractivity contribution in [3.05, 3.63) is 74.7 Å². The van der Waals surface area contributed by atoms with Crippen LogP contribution >= 0.6 is 11.6 Å². The van der Waals surface area contributed by atoms with Crippen molar-refractivity contribution in [2.75, 3.05) is 19.0 Å². The Morgan fingerprint density at radius 3 is 2.44 bits per heavy atom. The van der Waals surface area contributed by atoms with E-state index in [0.717, 1.165) is 0 Å². The van der Waals surface area contributed by atoms with Gasteiger partial charge in [-0.15, -0.1) is 0 Å². The SMILES string of the molecule is CN(C)c1cc(CNC(=O)Oc2ccc(Cl)cc2)c(O)c2c1CC1CC3CC(O)=C(C(N)=O)C(=O)C3C(O)=C1C2=O. The first-order chi connectivity index (χ1) is 19.4. The summed E-state index contributed by atoms with van der Waals surface area (Å²) < 4.78 is 5.23. The van der Waals surface area contributed by atoms with Gasteiger partial charge >= 0.3 is 6.09 Å². The number of anilines is 1. The maximum atomic E-state index is 13.9. The molecule has 3 atom stereocenters. The monoisotopic (exact) mass is 581 g/mol. The zero-order valence-corrected chi connectivity index (χ0v) is 23.0. The van der Waals surface area contributed by atoms with E-state index in [4.69, 9.17) is 22.1 Å². The molecule has 214 valence electrons. The molecule has 11 nitrogen and oxygen atoms in total. The van der Waals surface area contributed by atoms with E-state index in [1.165, 1.54) is 12.1 Å². The summed E-state index contributed by atoms with van der Waals surface area (Å²) in [5.41, 5.74) is 6.10. The number of benzene rings is 2. The van der Waals surface area contributed by atoms with Crippen molar-refractivity contribution in [3.63, 3.8) is 0 Å². The summed E-state index contributed by atoms with van der Waals surface area (Å²) in [5, 5.41) is 35.8. The Labute approximate surface area is 239 Å². The minimum Gasteiger partial charge on any atom is -0.511 e. The molecule has 3 aliphatic rings. The lowest BCUT2D eigenvalue weighted by atomic mass is 9.62. The summed E-state index contributed by atoms with van der Waals surface area (Å²) in [6.07, 6.45) is -0.256. The molecule has 41 heavy (non-hydrogen) atoms. The average Bonchev–Trinajstić information content (AvgIpc) is 2.88. The van der Waals surface area contributed by atoms with Gasteiger partial charge in [-0.2, -0.15) is 0 Å². The zero-order valence-electron chi connectivity index (χ0n) is 22.2. The van der Waals surface area contributed by atoms with E-state index in [2.05, 4.69) is 5.32 Å². The molecule has 3 unspecified atom stereocenters. The normalized spacial score (nSPS) is 21.6. The van der Waals surface area contributed by atoms with E-state index in [0.29, 0.717) is 22.7 Å². The number of phenolic OH excluding ortho intramolecular Hbond substituents is 1. The Bertz CT molecular complexity index is 1560. The molecule has 2 amide bonds. The number of aromatic hydroxyl groups is 1. The molecule has 0 aromatic heterocycles. The third kappa shape index (κ3) is 4.86. The van der Waals surface area contributed by atoms with Crippen LogP contribution in [0.1, 0.15) is 34.3 Å². The second-order valence-corrected chi connectivity index (χ2v) is 11.0. The number of Topliss-reactive ketones (excluding diaryl/α,β-unsaturated/α-hetero) is 2. The molecular weight excluding hydrogens is 554 g/mol. The van der Waals surface area contributed by atoms with Crippen molar-refractivity contribution in [3.8, 4) is 11.5 Å². The van der Waals surface area contributed by atoms with Gasteiger partial charge in [0.2, 0.25) is 0 Å². The number of halogens is 1. The molecule has 0 fully saturated rings. The van der Waals surface area contributed by atoms with Gasteiger partial charge in [0, 0.05) is 48.9 Å². The van der Waals surface area contributed by atoms with Gasteiger partial charge in [0.25, 0.3) is 5.91 Å². The molecule has 3 aliphatic carbocycles. The summed E-state index contributed by atoms with van der Waals surface area (Å²) in [4.78, 5) is 52.9. The lowest BCUT2D eigenvalue weighted by molar-refractivity contribution is -0.126. The first-order valence-corrected chi connectivity index (χ1v) is 13.3. The van der Waals surface area contributed by atoms with Gasteiger partial charge in [-0.1, -0.05) is 11.6 Å². The highest BCUT2D eigenvalue weighted by Gasteiger charge is 2.50. The Morgan fingerprint density at radius 1 is 1.12 bits per heavy atom. The largest absolute Gasteiger partial charge is 0.511 e. The lowest BCUT2D eigenvalue weighted by Gasteiger charge is -2.41. The zero-order chi connectivity index (χ0) is 29.7. The smallest absolute Gasteiger partial charge is 0.412 e. The number of hydrogen-bond acceptors (Lipinski definition) is 9. The number of nitrogens with two attached hydrogens (primary N) is 1. The van der Waals surface area contributed by atoms with Crippen molar-refractivity contribution in [2.24, 2.45) is 23.5 Å². The Balaban J connectivity index is 1.49. The highest BCUT2D eigenvalue weighted by Crippen LogP contribution is 2.51. The van der Waals surface area contributed by atoms with Crippen LogP contribution in [0.3, 0.4) is 0 Å². The van der Waals surface area contributed by atoms with Crippen LogP contribution in [0, 0.1) is 17.8 Å². The number of allylic oxidation sites excluding steroid dienone is 3. The van der Waals surface area contributed by atoms with Gasteiger partial charge in [0.1, 0.15) is 28.6 Å². The number of fused-ring (bicyclic) bond motifs is 3. The average molecular weight is 582 g/mol. The van der Waals surface area contributed by atoms with E-state index >= 15 is 0 Å². The molecule has 0 heterocycles. The number of ether oxygens (including phenoxy) is 1. The fraction of sp³-hybridized carbons (Fsp3) is 0.310. The van der Waals surface area contributed by atoms with Gasteiger partial charge in [0.15, 0.2) is 11.6 Å². The summed E-state index contributed by atoms with van der Waals surface area (Å²) in [6, 6.07) is 7.84. The number of aliphatic hydroxyl groups excluding tert-OH is 2. The van der Waals surface area contributed by atoms with Crippen LogP contribution in [0.15, 0.2) is 53.0 Å². The van der Waals surface area contributed by atoms with Crippen LogP contribution in [0.5, 0.6) is 11.5 Å². The van der Waals surface area contributed by atoms with Crippen LogP contribution in [0.2, 0.25) is 5.02 Å². The minimum atomic E-state index is -1.20. The third-order valence-corrected chi connectivity index (χ3v) is 8.12. The molecule has 5 rings (SSSR count). The third-order valence-electron chi connectivity index (χ3n) is 7.87. The molecule has 0 aliphatic heterocycles. The quantitative estimate of drug-likeness (QED) is 0.330. The van der Waals surface area contributed by atoms with Crippen LogP contribution < -0.4 is 20.7 Å². The van der Waals surface area contributed by atoms with E-state index in [1.807, 2.05) is 0 Å². The number of carbonyl (C=O) groups is 4. The predicted molar refractivity (Wildman–Crippen MR) is 148 cm³/mol. The number of amides is 2. The van der Waals surface area contributed by atoms with Gasteiger partial charge < -0.3 is 36.0 Å². The topological polar surface area (TPSA) is 179 Å². The van der Waals surface area contributed by atoms with E-state index in [9.17, 15) is 34.5 Å². The summed E-state index contributed by atoms with van der Waals surface area (Å²) in [7, 11) is 3.55. The Kier molecular flexibility index (Phi) is 7.16. The molecule has 2 aromatic rings. The number of carbonyl (C=O) groups excluding carboxylic acids is 4. The molecule has 0 radical (unpaired) electrons. The van der Waals surface area contributed by atoms with E-state index in [-0.39, 0.29) is 47.6 Å². The molecule has 0 spiro atoms. The van der Waals surface area contributed by atoms with Gasteiger partial charge in [-0.25, -0.2) is 4.79 Å². The Morgan fingerprint density at radius 2 is 1.80 bits per heavy atom. The summed E-state index contributed by atoms with van der Waals surface area (Å²) in [6.45, 7) is -0.177. The second-order valence-electron chi connectivity index (χ2n) is 10.6. The minimum absolute atomic E-state index is 0.00965.